The van der Waals surface area contributed by atoms with Crippen molar-refractivity contribution < 1.29 is 23.8 Å². The number of hydrogen-bond donors (Lipinski definition) is 1. The molecule has 2 aromatic rings. The molecular formula is C19H21ClN2O5. The Labute approximate surface area is 161 Å². The first-order valence-corrected chi connectivity index (χ1v) is 9.03. The van der Waals surface area contributed by atoms with Crippen LogP contribution in [0.2, 0.25) is 5.02 Å². The number of likely N-dealkylation sites (tertiary alicyclic amines) is 1. The number of halogens is 1. The van der Waals surface area contributed by atoms with E-state index in [2.05, 4.69) is 4.98 Å². The zero-order valence-electron chi connectivity index (χ0n) is 15.0. The lowest BCUT2D eigenvalue weighted by Crippen LogP contribution is -2.40. The van der Waals surface area contributed by atoms with Crippen molar-refractivity contribution in [2.45, 2.75) is 19.3 Å². The minimum atomic E-state index is -1.02. The Morgan fingerprint density at radius 2 is 2.19 bits per heavy atom. The van der Waals surface area contributed by atoms with Crippen molar-refractivity contribution in [1.82, 2.24) is 9.88 Å². The molecule has 2 heterocycles. The molecule has 1 amide bonds. The number of aliphatic carboxylic acids is 1. The fraction of sp³-hybridized carbons (Fsp3) is 0.421. The van der Waals surface area contributed by atoms with Gasteiger partial charge in [0.2, 0.25) is 5.91 Å². The van der Waals surface area contributed by atoms with Gasteiger partial charge in [-0.15, -0.1) is 0 Å². The number of rotatable bonds is 7. The van der Waals surface area contributed by atoms with Crippen LogP contribution in [-0.2, 0) is 20.7 Å². The Kier molecular flexibility index (Phi) is 5.82. The number of nitrogens with zero attached hydrogens (tertiary/aromatic N) is 2. The van der Waals surface area contributed by atoms with Crippen molar-refractivity contribution >= 4 is 23.5 Å². The summed E-state index contributed by atoms with van der Waals surface area (Å²) in [5.74, 6) is -0.0588. The highest BCUT2D eigenvalue weighted by Crippen LogP contribution is 2.32. The highest BCUT2D eigenvalue weighted by Gasteiger charge is 2.46. The van der Waals surface area contributed by atoms with Crippen molar-refractivity contribution in [2.24, 2.45) is 5.41 Å². The number of amides is 1. The molecule has 1 aromatic carbocycles. The van der Waals surface area contributed by atoms with Crippen molar-refractivity contribution in [3.8, 4) is 11.3 Å². The predicted molar refractivity (Wildman–Crippen MR) is 98.4 cm³/mol. The molecule has 1 atom stereocenters. The third-order valence-electron chi connectivity index (χ3n) is 4.83. The van der Waals surface area contributed by atoms with E-state index >= 15 is 0 Å². The number of hydrogen-bond acceptors (Lipinski definition) is 5. The van der Waals surface area contributed by atoms with Gasteiger partial charge in [0.25, 0.3) is 0 Å². The second-order valence-electron chi connectivity index (χ2n) is 6.68. The number of carbonyl (C=O) groups is 2. The van der Waals surface area contributed by atoms with Crippen molar-refractivity contribution in [3.05, 3.63) is 41.4 Å². The maximum Gasteiger partial charge on any atom is 0.313 e. The third-order valence-corrected chi connectivity index (χ3v) is 5.16. The molecule has 0 spiro atoms. The number of aryl methyl sites for hydroxylation is 1. The SMILES string of the molecule is COCC1(C(=O)O)CCN(C(=O)CCc2ncc(-c3ccccc3Cl)o2)C1. The fourth-order valence-electron chi connectivity index (χ4n) is 3.30. The Bertz CT molecular complexity index is 837. The number of carboxylic acid groups (broad SMARTS) is 1. The van der Waals surface area contributed by atoms with Crippen LogP contribution in [0.25, 0.3) is 11.3 Å². The summed E-state index contributed by atoms with van der Waals surface area (Å²) >= 11 is 6.15. The average molecular weight is 393 g/mol. The van der Waals surface area contributed by atoms with Crippen LogP contribution in [0.4, 0.5) is 0 Å². The first-order valence-electron chi connectivity index (χ1n) is 8.65. The second kappa shape index (κ2) is 8.10. The fourth-order valence-corrected chi connectivity index (χ4v) is 3.53. The van der Waals surface area contributed by atoms with E-state index in [9.17, 15) is 14.7 Å². The van der Waals surface area contributed by atoms with Crippen LogP contribution in [0.5, 0.6) is 0 Å². The van der Waals surface area contributed by atoms with E-state index in [4.69, 9.17) is 20.8 Å². The molecule has 0 aliphatic carbocycles. The van der Waals surface area contributed by atoms with E-state index in [-0.39, 0.29) is 25.5 Å². The highest BCUT2D eigenvalue weighted by molar-refractivity contribution is 6.33. The lowest BCUT2D eigenvalue weighted by molar-refractivity contribution is -0.151. The van der Waals surface area contributed by atoms with Gasteiger partial charge in [-0.05, 0) is 18.6 Å². The van der Waals surface area contributed by atoms with Crippen molar-refractivity contribution in [2.75, 3.05) is 26.8 Å². The molecule has 1 aliphatic rings. The minimum absolute atomic E-state index is 0.0903. The Morgan fingerprint density at radius 3 is 2.89 bits per heavy atom. The van der Waals surface area contributed by atoms with Gasteiger partial charge in [0.1, 0.15) is 5.41 Å². The van der Waals surface area contributed by atoms with E-state index < -0.39 is 11.4 Å². The molecule has 1 unspecified atom stereocenters. The second-order valence-corrected chi connectivity index (χ2v) is 7.09. The van der Waals surface area contributed by atoms with Crippen LogP contribution < -0.4 is 0 Å². The Balaban J connectivity index is 1.59. The molecule has 0 bridgehead atoms. The number of benzene rings is 1. The molecule has 1 aliphatic heterocycles. The maximum atomic E-state index is 12.5. The van der Waals surface area contributed by atoms with Crippen LogP contribution in [-0.4, -0.2) is 53.7 Å². The van der Waals surface area contributed by atoms with E-state index in [0.29, 0.717) is 36.1 Å². The lowest BCUT2D eigenvalue weighted by Gasteiger charge is -2.23. The lowest BCUT2D eigenvalue weighted by atomic mass is 9.88. The summed E-state index contributed by atoms with van der Waals surface area (Å²) < 4.78 is 10.7. The molecule has 3 rings (SSSR count). The topological polar surface area (TPSA) is 92.9 Å². The van der Waals surface area contributed by atoms with Gasteiger partial charge in [-0.25, -0.2) is 4.98 Å². The number of oxazole rings is 1. The summed E-state index contributed by atoms with van der Waals surface area (Å²) in [7, 11) is 1.47. The van der Waals surface area contributed by atoms with E-state index in [1.54, 1.807) is 17.2 Å². The van der Waals surface area contributed by atoms with E-state index in [1.807, 2.05) is 18.2 Å². The molecule has 144 valence electrons. The van der Waals surface area contributed by atoms with E-state index in [0.717, 1.165) is 5.56 Å². The molecule has 27 heavy (non-hydrogen) atoms. The molecule has 8 heteroatoms. The van der Waals surface area contributed by atoms with Gasteiger partial charge in [0, 0.05) is 38.6 Å². The first-order chi connectivity index (χ1) is 12.9. The third kappa shape index (κ3) is 4.14. The average Bonchev–Trinajstić information content (AvgIpc) is 3.28. The molecule has 7 nitrogen and oxygen atoms in total. The van der Waals surface area contributed by atoms with Crippen molar-refractivity contribution in [1.29, 1.82) is 0 Å². The molecule has 0 radical (unpaired) electrons. The molecular weight excluding hydrogens is 372 g/mol. The number of methoxy groups -OCH3 is 1. The van der Waals surface area contributed by atoms with Crippen LogP contribution in [0.1, 0.15) is 18.7 Å². The van der Waals surface area contributed by atoms with E-state index in [1.165, 1.54) is 7.11 Å². The van der Waals surface area contributed by atoms with Gasteiger partial charge >= 0.3 is 5.97 Å². The van der Waals surface area contributed by atoms with Crippen LogP contribution in [0.15, 0.2) is 34.9 Å². The first kappa shape index (κ1) is 19.4. The summed E-state index contributed by atoms with van der Waals surface area (Å²) in [6.07, 6.45) is 2.51. The smallest absolute Gasteiger partial charge is 0.313 e. The number of ether oxygens (including phenoxy) is 1. The van der Waals surface area contributed by atoms with Crippen LogP contribution in [0.3, 0.4) is 0 Å². The van der Waals surface area contributed by atoms with Crippen LogP contribution in [0, 0.1) is 5.41 Å². The molecule has 1 N–H and O–H groups in total. The molecule has 1 fully saturated rings. The van der Waals surface area contributed by atoms with Crippen LogP contribution >= 0.6 is 11.6 Å². The molecule has 0 saturated carbocycles. The monoisotopic (exact) mass is 392 g/mol. The van der Waals surface area contributed by atoms with Gasteiger partial charge < -0.3 is 19.2 Å². The zero-order valence-corrected chi connectivity index (χ0v) is 15.7. The Morgan fingerprint density at radius 1 is 1.41 bits per heavy atom. The number of aromatic nitrogens is 1. The van der Waals surface area contributed by atoms with Gasteiger partial charge in [0.15, 0.2) is 11.7 Å². The summed E-state index contributed by atoms with van der Waals surface area (Å²) in [5.41, 5.74) is -0.278. The summed E-state index contributed by atoms with van der Waals surface area (Å²) in [6.45, 7) is 0.656. The quantitative estimate of drug-likeness (QED) is 0.778. The van der Waals surface area contributed by atoms with Gasteiger partial charge in [-0.3, -0.25) is 9.59 Å². The minimum Gasteiger partial charge on any atom is -0.481 e. The summed E-state index contributed by atoms with van der Waals surface area (Å²) in [6, 6.07) is 7.29. The molecule has 1 saturated heterocycles. The maximum absolute atomic E-state index is 12.5. The highest BCUT2D eigenvalue weighted by atomic mass is 35.5. The van der Waals surface area contributed by atoms with Gasteiger partial charge in [-0.1, -0.05) is 23.7 Å². The predicted octanol–water partition coefficient (Wildman–Crippen LogP) is 2.88. The molecule has 1 aromatic heterocycles. The Hall–Kier alpha value is -2.38. The largest absolute Gasteiger partial charge is 0.481 e. The standard InChI is InChI=1S/C19H21ClN2O5/c1-26-12-19(18(24)25)8-9-22(11-19)17(23)7-6-16-21-10-15(27-16)13-4-2-3-5-14(13)20/h2-5,10H,6-9,11-12H2,1H3,(H,24,25). The zero-order chi connectivity index (χ0) is 19.4. The van der Waals surface area contributed by atoms with Gasteiger partial charge in [-0.2, -0.15) is 0 Å². The number of carbonyl (C=O) groups excluding carboxylic acids is 1. The number of carboxylic acids is 1. The van der Waals surface area contributed by atoms with Crippen molar-refractivity contribution in [3.63, 3.8) is 0 Å². The summed E-state index contributed by atoms with van der Waals surface area (Å²) in [5, 5.41) is 10.0. The summed E-state index contributed by atoms with van der Waals surface area (Å²) in [4.78, 5) is 29.8. The normalized spacial score (nSPS) is 19.4. The van der Waals surface area contributed by atoms with Gasteiger partial charge in [0.05, 0.1) is 17.8 Å².